The summed E-state index contributed by atoms with van der Waals surface area (Å²) in [4.78, 5) is 33.2. The van der Waals surface area contributed by atoms with Crippen molar-refractivity contribution in [1.29, 1.82) is 0 Å². The van der Waals surface area contributed by atoms with Crippen molar-refractivity contribution in [3.05, 3.63) is 12.2 Å². The second-order valence-corrected chi connectivity index (χ2v) is 11.7. The van der Waals surface area contributed by atoms with Crippen LogP contribution in [-0.4, -0.2) is 63.9 Å². The van der Waals surface area contributed by atoms with E-state index in [-0.39, 0.29) is 19.3 Å². The fraction of sp³-hybridized carbons (Fsp3) is 0.848. The average molecular weight is 569 g/mol. The summed E-state index contributed by atoms with van der Waals surface area (Å²) in [5, 5.41) is 27.3. The van der Waals surface area contributed by atoms with Crippen molar-refractivity contribution in [3.8, 4) is 0 Å². The highest BCUT2D eigenvalue weighted by Crippen LogP contribution is 2.19. The van der Waals surface area contributed by atoms with Crippen molar-refractivity contribution >= 4 is 17.9 Å². The van der Waals surface area contributed by atoms with Gasteiger partial charge in [-0.15, -0.1) is 0 Å². The number of allylic oxidation sites excluding steroid dienone is 2. The molecule has 40 heavy (non-hydrogen) atoms. The molecule has 0 atom stereocenters. The van der Waals surface area contributed by atoms with Gasteiger partial charge in [0.15, 0.2) is 0 Å². The molecule has 0 rings (SSSR count). The molecule has 0 bridgehead atoms. The lowest BCUT2D eigenvalue weighted by atomic mass is 10.0. The molecule has 7 nitrogen and oxygen atoms in total. The van der Waals surface area contributed by atoms with Gasteiger partial charge in [-0.3, -0.25) is 14.4 Å². The number of quaternary nitrogens is 1. The molecule has 234 valence electrons. The van der Waals surface area contributed by atoms with Gasteiger partial charge in [-0.25, -0.2) is 0 Å². The fourth-order valence-corrected chi connectivity index (χ4v) is 5.58. The third-order valence-corrected chi connectivity index (χ3v) is 7.96. The van der Waals surface area contributed by atoms with Crippen LogP contribution in [-0.2, 0) is 14.4 Å². The zero-order valence-electron chi connectivity index (χ0n) is 25.8. The van der Waals surface area contributed by atoms with E-state index in [9.17, 15) is 14.4 Å². The van der Waals surface area contributed by atoms with Crippen LogP contribution in [0.3, 0.4) is 0 Å². The Kier molecular flexibility index (Phi) is 26.0. The Morgan fingerprint density at radius 2 is 0.750 bits per heavy atom. The third-order valence-electron chi connectivity index (χ3n) is 7.96. The summed E-state index contributed by atoms with van der Waals surface area (Å²) in [6.45, 7) is 5.11. The van der Waals surface area contributed by atoms with Crippen molar-refractivity contribution in [3.63, 3.8) is 0 Å². The van der Waals surface area contributed by atoms with Crippen LogP contribution < -0.4 is 0 Å². The maximum atomic E-state index is 11.1. The number of hydrogen-bond acceptors (Lipinski definition) is 3. The Morgan fingerprint density at radius 3 is 1.10 bits per heavy atom. The zero-order chi connectivity index (χ0) is 29.7. The Bertz CT molecular complexity index is 613. The van der Waals surface area contributed by atoms with Gasteiger partial charge in [0.25, 0.3) is 0 Å². The molecule has 0 saturated heterocycles. The van der Waals surface area contributed by atoms with Crippen LogP contribution in [0.1, 0.15) is 155 Å². The molecular formula is C33H62NO6+. The van der Waals surface area contributed by atoms with E-state index in [4.69, 9.17) is 15.3 Å². The first kappa shape index (κ1) is 38.1. The van der Waals surface area contributed by atoms with E-state index in [0.29, 0.717) is 43.4 Å². The summed E-state index contributed by atoms with van der Waals surface area (Å²) in [7, 11) is 0. The van der Waals surface area contributed by atoms with E-state index in [0.717, 1.165) is 19.4 Å². The molecule has 7 heteroatoms. The number of hydrogen-bond donors (Lipinski definition) is 3. The molecule has 0 radical (unpaired) electrons. The molecule has 3 N–H and O–H groups in total. The molecule has 0 saturated carbocycles. The lowest BCUT2D eigenvalue weighted by Gasteiger charge is -2.39. The molecule has 0 fully saturated rings. The lowest BCUT2D eigenvalue weighted by Crippen LogP contribution is -2.51. The van der Waals surface area contributed by atoms with E-state index in [1.54, 1.807) is 0 Å². The van der Waals surface area contributed by atoms with Gasteiger partial charge in [0, 0.05) is 19.3 Å². The van der Waals surface area contributed by atoms with Crippen molar-refractivity contribution in [1.82, 2.24) is 0 Å². The van der Waals surface area contributed by atoms with Crippen molar-refractivity contribution in [2.75, 3.05) is 26.2 Å². The summed E-state index contributed by atoms with van der Waals surface area (Å²) in [6, 6.07) is 0. The molecule has 0 unspecified atom stereocenters. The van der Waals surface area contributed by atoms with E-state index < -0.39 is 17.9 Å². The highest BCUT2D eigenvalue weighted by Gasteiger charge is 2.27. The van der Waals surface area contributed by atoms with Gasteiger partial charge in [-0.2, -0.15) is 0 Å². The van der Waals surface area contributed by atoms with E-state index >= 15 is 0 Å². The van der Waals surface area contributed by atoms with Crippen LogP contribution in [0.15, 0.2) is 12.2 Å². The minimum Gasteiger partial charge on any atom is -0.481 e. The Morgan fingerprint density at radius 1 is 0.450 bits per heavy atom. The van der Waals surface area contributed by atoms with Crippen LogP contribution in [0.25, 0.3) is 0 Å². The first-order chi connectivity index (χ1) is 19.3. The summed E-state index contributed by atoms with van der Waals surface area (Å²) < 4.78 is 0.642. The molecule has 0 amide bonds. The average Bonchev–Trinajstić information content (AvgIpc) is 2.89. The molecule has 0 aliphatic heterocycles. The number of aliphatic carboxylic acids is 3. The van der Waals surface area contributed by atoms with Crippen LogP contribution in [0, 0.1) is 0 Å². The van der Waals surface area contributed by atoms with Crippen LogP contribution in [0.2, 0.25) is 0 Å². The van der Waals surface area contributed by atoms with Gasteiger partial charge < -0.3 is 19.8 Å². The molecule has 0 aromatic rings. The van der Waals surface area contributed by atoms with Crippen molar-refractivity contribution < 1.29 is 34.2 Å². The molecule has 0 heterocycles. The number of unbranched alkanes of at least 4 members (excludes halogenated alkanes) is 15. The first-order valence-corrected chi connectivity index (χ1v) is 16.5. The number of carbonyl (C=O) groups is 3. The summed E-state index contributed by atoms with van der Waals surface area (Å²) >= 11 is 0. The highest BCUT2D eigenvalue weighted by molar-refractivity contribution is 5.67. The standard InChI is InChI=1S/C33H61NO6/c1-2-3-4-5-6-7-8-9-10-11-12-13-14-15-16-17-18-19-20-27-34(28-21-24-31(35)36,29-22-25-32(37)38)30-23-26-33(39)40/h5-6H,2-4,7-30H2,1H3,(H2-,35,36,37,38,39,40)/p+1/b6-5+. The molecule has 0 spiro atoms. The van der Waals surface area contributed by atoms with Gasteiger partial charge in [-0.1, -0.05) is 96.1 Å². The molecular weight excluding hydrogens is 506 g/mol. The van der Waals surface area contributed by atoms with Gasteiger partial charge in [0.05, 0.1) is 45.4 Å². The van der Waals surface area contributed by atoms with E-state index in [2.05, 4.69) is 19.1 Å². The first-order valence-electron chi connectivity index (χ1n) is 16.5. The van der Waals surface area contributed by atoms with Gasteiger partial charge in [0.1, 0.15) is 0 Å². The predicted molar refractivity (Wildman–Crippen MR) is 164 cm³/mol. The second kappa shape index (κ2) is 27.3. The maximum absolute atomic E-state index is 11.1. The lowest BCUT2D eigenvalue weighted by molar-refractivity contribution is -0.929. The zero-order valence-corrected chi connectivity index (χ0v) is 25.8. The molecule has 0 aliphatic carbocycles. The minimum atomic E-state index is -0.824. The minimum absolute atomic E-state index is 0.0919. The van der Waals surface area contributed by atoms with Crippen molar-refractivity contribution in [2.45, 2.75) is 155 Å². The maximum Gasteiger partial charge on any atom is 0.303 e. The molecule has 0 aliphatic rings. The summed E-state index contributed by atoms with van der Waals surface area (Å²) in [6.07, 6.45) is 28.2. The van der Waals surface area contributed by atoms with Gasteiger partial charge >= 0.3 is 17.9 Å². The van der Waals surface area contributed by atoms with E-state index in [1.807, 2.05) is 0 Å². The predicted octanol–water partition coefficient (Wildman–Crippen LogP) is 8.61. The Hall–Kier alpha value is -1.89. The van der Waals surface area contributed by atoms with Gasteiger partial charge in [-0.05, 0) is 32.1 Å². The largest absolute Gasteiger partial charge is 0.481 e. The van der Waals surface area contributed by atoms with Gasteiger partial charge in [0.2, 0.25) is 0 Å². The van der Waals surface area contributed by atoms with Crippen LogP contribution >= 0.6 is 0 Å². The van der Waals surface area contributed by atoms with Crippen LogP contribution in [0.5, 0.6) is 0 Å². The summed E-state index contributed by atoms with van der Waals surface area (Å²) in [5.74, 6) is -2.47. The summed E-state index contributed by atoms with van der Waals surface area (Å²) in [5.41, 5.74) is 0. The monoisotopic (exact) mass is 568 g/mol. The Labute approximate surface area is 245 Å². The smallest absolute Gasteiger partial charge is 0.303 e. The number of nitrogens with zero attached hydrogens (tertiary/aromatic N) is 1. The molecule has 0 aromatic carbocycles. The number of carboxylic acids is 3. The second-order valence-electron chi connectivity index (χ2n) is 11.7. The third kappa shape index (κ3) is 26.3. The number of rotatable bonds is 31. The topological polar surface area (TPSA) is 112 Å². The van der Waals surface area contributed by atoms with Crippen LogP contribution in [0.4, 0.5) is 0 Å². The highest BCUT2D eigenvalue weighted by atomic mass is 16.4. The normalized spacial score (nSPS) is 11.8. The van der Waals surface area contributed by atoms with E-state index in [1.165, 1.54) is 96.3 Å². The molecule has 0 aromatic heterocycles. The quantitative estimate of drug-likeness (QED) is 0.0438. The fourth-order valence-electron chi connectivity index (χ4n) is 5.58. The SMILES string of the molecule is CCCC/C=C/CCCCCCCCCCCCCCC[N+](CCCC(=O)O)(CCCC(=O)O)CCCC(=O)O. The van der Waals surface area contributed by atoms with Crippen molar-refractivity contribution in [2.24, 2.45) is 0 Å². The number of carboxylic acid groups (broad SMARTS) is 3. The Balaban J connectivity index is 4.11.